The number of benzene rings is 1. The van der Waals surface area contributed by atoms with E-state index in [0.717, 1.165) is 34.0 Å². The lowest BCUT2D eigenvalue weighted by Crippen LogP contribution is -2.22. The van der Waals surface area contributed by atoms with E-state index in [1.165, 1.54) is 49.7 Å². The number of hydrogen-bond acceptors (Lipinski definition) is 5. The molecular weight excluding hydrogens is 398 g/mol. The molecule has 28 heavy (non-hydrogen) atoms. The summed E-state index contributed by atoms with van der Waals surface area (Å²) in [5, 5.41) is 3.24. The molecule has 150 valence electrons. The Morgan fingerprint density at radius 3 is 2.43 bits per heavy atom. The molecule has 0 saturated heterocycles. The molecule has 1 aliphatic rings. The van der Waals surface area contributed by atoms with Gasteiger partial charge in [-0.05, 0) is 55.0 Å². The third-order valence-corrected chi connectivity index (χ3v) is 7.88. The van der Waals surface area contributed by atoms with Crippen LogP contribution < -0.4 is 11.1 Å². The zero-order valence-electron chi connectivity index (χ0n) is 16.0. The summed E-state index contributed by atoms with van der Waals surface area (Å²) < 4.78 is 25.4. The topological polar surface area (TPSA) is 110 Å². The molecular formula is C19H23N3O4S2. The molecule has 1 aromatic heterocycles. The third-order valence-electron chi connectivity index (χ3n) is 4.88. The van der Waals surface area contributed by atoms with Gasteiger partial charge in [-0.25, -0.2) is 12.7 Å². The molecule has 1 atom stereocenters. The average Bonchev–Trinajstić information content (AvgIpc) is 2.98. The van der Waals surface area contributed by atoms with Crippen molar-refractivity contribution in [2.24, 2.45) is 11.7 Å². The summed E-state index contributed by atoms with van der Waals surface area (Å²) in [6.07, 6.45) is 2.63. The summed E-state index contributed by atoms with van der Waals surface area (Å²) in [7, 11) is -0.671. The predicted octanol–water partition coefficient (Wildman–Crippen LogP) is 2.47. The molecule has 9 heteroatoms. The minimum absolute atomic E-state index is 0.104. The van der Waals surface area contributed by atoms with Crippen LogP contribution in [0.4, 0.5) is 5.00 Å². The first kappa shape index (κ1) is 20.5. The highest BCUT2D eigenvalue weighted by Gasteiger charge is 2.27. The van der Waals surface area contributed by atoms with Gasteiger partial charge in [-0.2, -0.15) is 0 Å². The number of nitrogens with zero attached hydrogens (tertiary/aromatic N) is 1. The molecule has 7 nitrogen and oxygen atoms in total. The second-order valence-electron chi connectivity index (χ2n) is 7.19. The fourth-order valence-corrected chi connectivity index (χ4v) is 5.58. The van der Waals surface area contributed by atoms with E-state index in [1.54, 1.807) is 0 Å². The van der Waals surface area contributed by atoms with Gasteiger partial charge in [-0.15, -0.1) is 11.3 Å². The summed E-state index contributed by atoms with van der Waals surface area (Å²) in [4.78, 5) is 25.8. The van der Waals surface area contributed by atoms with Crippen molar-refractivity contribution in [3.63, 3.8) is 0 Å². The number of nitrogens with two attached hydrogens (primary N) is 1. The lowest BCUT2D eigenvalue weighted by molar-refractivity contribution is 0.1000. The largest absolute Gasteiger partial charge is 0.365 e. The van der Waals surface area contributed by atoms with Gasteiger partial charge < -0.3 is 11.1 Å². The number of rotatable bonds is 5. The van der Waals surface area contributed by atoms with Crippen molar-refractivity contribution in [1.82, 2.24) is 4.31 Å². The molecule has 0 spiro atoms. The summed E-state index contributed by atoms with van der Waals surface area (Å²) in [5.41, 5.74) is 7.21. The van der Waals surface area contributed by atoms with Crippen LogP contribution >= 0.6 is 11.3 Å². The van der Waals surface area contributed by atoms with Gasteiger partial charge in [0.1, 0.15) is 5.00 Å². The molecule has 2 amide bonds. The number of carbonyl (C=O) groups excluding carboxylic acids is 2. The molecule has 0 unspecified atom stereocenters. The molecule has 1 aliphatic carbocycles. The molecule has 0 fully saturated rings. The van der Waals surface area contributed by atoms with Crippen molar-refractivity contribution in [2.45, 2.75) is 31.1 Å². The molecule has 3 N–H and O–H groups in total. The van der Waals surface area contributed by atoms with E-state index >= 15 is 0 Å². The van der Waals surface area contributed by atoms with Crippen LogP contribution in [0, 0.1) is 5.92 Å². The smallest absolute Gasteiger partial charge is 0.256 e. The normalized spacial score (nSPS) is 16.6. The van der Waals surface area contributed by atoms with Crippen molar-refractivity contribution < 1.29 is 18.0 Å². The van der Waals surface area contributed by atoms with E-state index in [0.29, 0.717) is 22.0 Å². The maximum atomic E-state index is 12.6. The summed E-state index contributed by atoms with van der Waals surface area (Å²) >= 11 is 1.39. The first-order valence-corrected chi connectivity index (χ1v) is 11.1. The maximum Gasteiger partial charge on any atom is 0.256 e. The Bertz CT molecular complexity index is 1020. The van der Waals surface area contributed by atoms with E-state index in [2.05, 4.69) is 12.2 Å². The zero-order valence-corrected chi connectivity index (χ0v) is 17.6. The van der Waals surface area contributed by atoms with Crippen LogP contribution in [0.3, 0.4) is 0 Å². The van der Waals surface area contributed by atoms with E-state index < -0.39 is 21.8 Å². The summed E-state index contributed by atoms with van der Waals surface area (Å²) in [5.74, 6) is -0.431. The van der Waals surface area contributed by atoms with Gasteiger partial charge in [0, 0.05) is 24.5 Å². The van der Waals surface area contributed by atoms with Crippen LogP contribution in [0.1, 0.15) is 44.5 Å². The number of sulfonamides is 1. The van der Waals surface area contributed by atoms with E-state index in [4.69, 9.17) is 5.73 Å². The van der Waals surface area contributed by atoms with Crippen LogP contribution in [-0.2, 0) is 22.9 Å². The lowest BCUT2D eigenvalue weighted by atomic mass is 9.88. The highest BCUT2D eigenvalue weighted by molar-refractivity contribution is 7.89. The van der Waals surface area contributed by atoms with Gasteiger partial charge in [0.25, 0.3) is 11.8 Å². The van der Waals surface area contributed by atoms with Gasteiger partial charge in [0.05, 0.1) is 10.5 Å². The van der Waals surface area contributed by atoms with Crippen molar-refractivity contribution in [3.05, 3.63) is 45.8 Å². The van der Waals surface area contributed by atoms with Crippen LogP contribution in [0.15, 0.2) is 29.2 Å². The monoisotopic (exact) mass is 421 g/mol. The zero-order chi connectivity index (χ0) is 20.6. The molecule has 3 rings (SSSR count). The molecule has 0 saturated carbocycles. The molecule has 0 bridgehead atoms. The maximum absolute atomic E-state index is 12.6. The van der Waals surface area contributed by atoms with Gasteiger partial charge in [-0.3, -0.25) is 9.59 Å². The Hall–Kier alpha value is -2.23. The number of carbonyl (C=O) groups is 2. The highest BCUT2D eigenvalue weighted by Crippen LogP contribution is 2.39. The second-order valence-corrected chi connectivity index (χ2v) is 10.4. The first-order chi connectivity index (χ1) is 13.1. The summed E-state index contributed by atoms with van der Waals surface area (Å²) in [6, 6.07) is 5.68. The van der Waals surface area contributed by atoms with Crippen LogP contribution in [0.25, 0.3) is 0 Å². The minimum Gasteiger partial charge on any atom is -0.365 e. The van der Waals surface area contributed by atoms with Crippen molar-refractivity contribution in [1.29, 1.82) is 0 Å². The number of hydrogen-bond donors (Lipinski definition) is 2. The summed E-state index contributed by atoms with van der Waals surface area (Å²) in [6.45, 7) is 2.16. The van der Waals surface area contributed by atoms with Gasteiger partial charge >= 0.3 is 0 Å². The predicted molar refractivity (Wildman–Crippen MR) is 109 cm³/mol. The Balaban J connectivity index is 1.87. The fourth-order valence-electron chi connectivity index (χ4n) is 3.26. The van der Waals surface area contributed by atoms with Crippen molar-refractivity contribution in [2.75, 3.05) is 19.4 Å². The standard InChI is InChI=1S/C19H23N3O4S2/c1-11-4-9-14-15(10-11)27-19(16(14)17(20)23)21-18(24)12-5-7-13(8-6-12)28(25,26)22(2)3/h5-8,11H,4,9-10H2,1-3H3,(H2,20,23)(H,21,24)/t11-/m0/s1. The number of amides is 2. The number of anilines is 1. The van der Waals surface area contributed by atoms with E-state index in [9.17, 15) is 18.0 Å². The third kappa shape index (κ3) is 3.82. The van der Waals surface area contributed by atoms with E-state index in [1.807, 2.05) is 0 Å². The quantitative estimate of drug-likeness (QED) is 0.773. The Morgan fingerprint density at radius 2 is 1.86 bits per heavy atom. The fraction of sp³-hybridized carbons (Fsp3) is 0.368. The van der Waals surface area contributed by atoms with Gasteiger partial charge in [-0.1, -0.05) is 6.92 Å². The molecule has 0 aliphatic heterocycles. The molecule has 1 aromatic carbocycles. The van der Waals surface area contributed by atoms with Crippen molar-refractivity contribution >= 4 is 38.2 Å². The highest BCUT2D eigenvalue weighted by atomic mass is 32.2. The minimum atomic E-state index is -3.56. The number of thiophene rings is 1. The molecule has 1 heterocycles. The van der Waals surface area contributed by atoms with Crippen LogP contribution in [-0.4, -0.2) is 38.6 Å². The average molecular weight is 422 g/mol. The van der Waals surface area contributed by atoms with Gasteiger partial charge in [0.2, 0.25) is 10.0 Å². The van der Waals surface area contributed by atoms with Gasteiger partial charge in [0.15, 0.2) is 0 Å². The second kappa shape index (κ2) is 7.65. The number of nitrogens with one attached hydrogen (secondary N) is 1. The molecule has 0 radical (unpaired) electrons. The van der Waals surface area contributed by atoms with Crippen LogP contribution in [0.5, 0.6) is 0 Å². The number of fused-ring (bicyclic) bond motifs is 1. The number of primary amides is 1. The van der Waals surface area contributed by atoms with E-state index in [-0.39, 0.29) is 4.90 Å². The van der Waals surface area contributed by atoms with Crippen molar-refractivity contribution in [3.8, 4) is 0 Å². The molecule has 2 aromatic rings. The SMILES string of the molecule is C[C@H]1CCc2c(sc(NC(=O)c3ccc(S(=O)(=O)N(C)C)cc3)c2C(N)=O)C1. The Kier molecular flexibility index (Phi) is 5.60. The first-order valence-electron chi connectivity index (χ1n) is 8.89. The Morgan fingerprint density at radius 1 is 1.21 bits per heavy atom. The Labute approximate surface area is 168 Å². The lowest BCUT2D eigenvalue weighted by Gasteiger charge is -2.18. The van der Waals surface area contributed by atoms with Crippen LogP contribution in [0.2, 0.25) is 0 Å².